The summed E-state index contributed by atoms with van der Waals surface area (Å²) < 4.78 is 11.0. The molecule has 2 fully saturated rings. The van der Waals surface area contributed by atoms with Crippen LogP contribution < -0.4 is 10.6 Å². The van der Waals surface area contributed by atoms with Gasteiger partial charge in [0.2, 0.25) is 5.91 Å². The first kappa shape index (κ1) is 14.2. The molecule has 0 aromatic heterocycles. The highest BCUT2D eigenvalue weighted by Crippen LogP contribution is 2.25. The van der Waals surface area contributed by atoms with Crippen molar-refractivity contribution in [1.29, 1.82) is 0 Å². The van der Waals surface area contributed by atoms with Crippen LogP contribution in [0.5, 0.6) is 0 Å². The Labute approximate surface area is 112 Å². The standard InChI is InChI=1S/C12H21N3O4/c1-13-12(17)14-10(16)8-15-4-2-9(3-5-15)11-18-6-7-19-11/h9,11H,2-8H2,1H3,(H2,13,14,16,17). The zero-order valence-corrected chi connectivity index (χ0v) is 11.2. The maximum Gasteiger partial charge on any atom is 0.321 e. The fourth-order valence-electron chi connectivity index (χ4n) is 2.46. The van der Waals surface area contributed by atoms with E-state index in [2.05, 4.69) is 10.6 Å². The second-order valence-corrected chi connectivity index (χ2v) is 4.85. The van der Waals surface area contributed by atoms with Gasteiger partial charge in [-0.3, -0.25) is 15.0 Å². The number of urea groups is 1. The van der Waals surface area contributed by atoms with E-state index in [1.807, 2.05) is 4.90 Å². The molecule has 0 radical (unpaired) electrons. The largest absolute Gasteiger partial charge is 0.350 e. The van der Waals surface area contributed by atoms with Crippen molar-refractivity contribution in [3.8, 4) is 0 Å². The molecule has 2 rings (SSSR count). The number of imide groups is 1. The lowest BCUT2D eigenvalue weighted by Crippen LogP contribution is -2.46. The number of amides is 3. The zero-order valence-electron chi connectivity index (χ0n) is 11.2. The Morgan fingerprint density at radius 1 is 1.21 bits per heavy atom. The molecule has 3 amide bonds. The van der Waals surface area contributed by atoms with Gasteiger partial charge in [0.25, 0.3) is 0 Å². The molecule has 2 saturated heterocycles. The second kappa shape index (κ2) is 6.83. The average Bonchev–Trinajstić information content (AvgIpc) is 2.93. The summed E-state index contributed by atoms with van der Waals surface area (Å²) in [4.78, 5) is 24.6. The van der Waals surface area contributed by atoms with Crippen LogP contribution in [0, 0.1) is 5.92 Å². The Morgan fingerprint density at radius 2 is 1.84 bits per heavy atom. The molecule has 0 atom stereocenters. The van der Waals surface area contributed by atoms with E-state index in [1.165, 1.54) is 7.05 Å². The third-order valence-electron chi connectivity index (χ3n) is 3.51. The highest BCUT2D eigenvalue weighted by molar-refractivity contribution is 5.95. The minimum Gasteiger partial charge on any atom is -0.350 e. The minimum absolute atomic E-state index is 0.0677. The summed E-state index contributed by atoms with van der Waals surface area (Å²) in [6, 6.07) is -0.465. The molecule has 2 aliphatic rings. The predicted octanol–water partition coefficient (Wildman–Crippen LogP) is -0.473. The third-order valence-corrected chi connectivity index (χ3v) is 3.51. The molecule has 0 bridgehead atoms. The molecule has 7 heteroatoms. The Balaban J connectivity index is 1.68. The van der Waals surface area contributed by atoms with Gasteiger partial charge in [-0.05, 0) is 25.9 Å². The number of carbonyl (C=O) groups excluding carboxylic acids is 2. The van der Waals surface area contributed by atoms with Crippen LogP contribution in [0.4, 0.5) is 4.79 Å². The van der Waals surface area contributed by atoms with Gasteiger partial charge in [0.1, 0.15) is 0 Å². The van der Waals surface area contributed by atoms with Crippen LogP contribution >= 0.6 is 0 Å². The van der Waals surface area contributed by atoms with Gasteiger partial charge in [0.05, 0.1) is 19.8 Å². The fourth-order valence-corrected chi connectivity index (χ4v) is 2.46. The summed E-state index contributed by atoms with van der Waals surface area (Å²) in [5, 5.41) is 4.62. The molecule has 2 N–H and O–H groups in total. The monoisotopic (exact) mass is 271 g/mol. The number of carbonyl (C=O) groups is 2. The zero-order chi connectivity index (χ0) is 13.7. The summed E-state index contributed by atoms with van der Waals surface area (Å²) >= 11 is 0. The molecule has 7 nitrogen and oxygen atoms in total. The number of likely N-dealkylation sites (tertiary alicyclic amines) is 1. The predicted molar refractivity (Wildman–Crippen MR) is 67.5 cm³/mol. The van der Waals surface area contributed by atoms with Gasteiger partial charge in [0.15, 0.2) is 6.29 Å². The van der Waals surface area contributed by atoms with E-state index in [4.69, 9.17) is 9.47 Å². The van der Waals surface area contributed by atoms with Crippen molar-refractivity contribution in [2.24, 2.45) is 5.92 Å². The molecule has 0 spiro atoms. The van der Waals surface area contributed by atoms with Crippen LogP contribution in [0.3, 0.4) is 0 Å². The van der Waals surface area contributed by atoms with Gasteiger partial charge < -0.3 is 14.8 Å². The molecule has 0 aromatic carbocycles. The SMILES string of the molecule is CNC(=O)NC(=O)CN1CCC(C2OCCO2)CC1. The summed E-state index contributed by atoms with van der Waals surface area (Å²) in [5.41, 5.74) is 0. The minimum atomic E-state index is -0.465. The molecule has 0 aliphatic carbocycles. The van der Waals surface area contributed by atoms with E-state index in [9.17, 15) is 9.59 Å². The van der Waals surface area contributed by atoms with E-state index in [0.717, 1.165) is 25.9 Å². The van der Waals surface area contributed by atoms with Crippen molar-refractivity contribution < 1.29 is 19.1 Å². The summed E-state index contributed by atoms with van der Waals surface area (Å²) in [7, 11) is 1.48. The lowest BCUT2D eigenvalue weighted by atomic mass is 9.96. The van der Waals surface area contributed by atoms with Crippen molar-refractivity contribution >= 4 is 11.9 Å². The smallest absolute Gasteiger partial charge is 0.321 e. The van der Waals surface area contributed by atoms with Gasteiger partial charge in [-0.25, -0.2) is 4.79 Å². The molecular weight excluding hydrogens is 250 g/mol. The van der Waals surface area contributed by atoms with Crippen molar-refractivity contribution in [2.45, 2.75) is 19.1 Å². The number of nitrogens with zero attached hydrogens (tertiary/aromatic N) is 1. The Bertz CT molecular complexity index is 323. The number of hydrogen-bond donors (Lipinski definition) is 2. The lowest BCUT2D eigenvalue weighted by molar-refractivity contribution is -0.122. The molecule has 0 aromatic rings. The quantitative estimate of drug-likeness (QED) is 0.725. The van der Waals surface area contributed by atoms with Crippen LogP contribution in [0.25, 0.3) is 0 Å². The van der Waals surface area contributed by atoms with Crippen molar-refractivity contribution in [3.63, 3.8) is 0 Å². The molecule has 108 valence electrons. The van der Waals surface area contributed by atoms with E-state index in [0.29, 0.717) is 19.1 Å². The molecule has 0 unspecified atom stereocenters. The maximum absolute atomic E-state index is 11.6. The van der Waals surface area contributed by atoms with Gasteiger partial charge >= 0.3 is 6.03 Å². The Hall–Kier alpha value is -1.18. The molecule has 0 saturated carbocycles. The Kier molecular flexibility index (Phi) is 5.12. The van der Waals surface area contributed by atoms with E-state index in [-0.39, 0.29) is 18.7 Å². The van der Waals surface area contributed by atoms with Crippen molar-refractivity contribution in [3.05, 3.63) is 0 Å². The van der Waals surface area contributed by atoms with Gasteiger partial charge in [0, 0.05) is 13.0 Å². The van der Waals surface area contributed by atoms with Crippen molar-refractivity contribution in [2.75, 3.05) is 39.9 Å². The normalized spacial score (nSPS) is 22.4. The molecule has 2 aliphatic heterocycles. The van der Waals surface area contributed by atoms with Gasteiger partial charge in [-0.15, -0.1) is 0 Å². The molecular formula is C12H21N3O4. The number of piperidine rings is 1. The molecule has 19 heavy (non-hydrogen) atoms. The number of hydrogen-bond acceptors (Lipinski definition) is 5. The third kappa shape index (κ3) is 4.15. The van der Waals surface area contributed by atoms with Crippen LogP contribution in [0.1, 0.15) is 12.8 Å². The van der Waals surface area contributed by atoms with Crippen LogP contribution in [-0.2, 0) is 14.3 Å². The summed E-state index contributed by atoms with van der Waals surface area (Å²) in [6.45, 7) is 3.27. The van der Waals surface area contributed by atoms with Crippen LogP contribution in [0.15, 0.2) is 0 Å². The first-order valence-electron chi connectivity index (χ1n) is 6.66. The first-order chi connectivity index (χ1) is 9.19. The number of nitrogens with one attached hydrogen (secondary N) is 2. The van der Waals surface area contributed by atoms with Gasteiger partial charge in [-0.1, -0.05) is 0 Å². The van der Waals surface area contributed by atoms with Crippen LogP contribution in [-0.4, -0.2) is 63.0 Å². The van der Waals surface area contributed by atoms with Crippen LogP contribution in [0.2, 0.25) is 0 Å². The number of rotatable bonds is 3. The summed E-state index contributed by atoms with van der Waals surface area (Å²) in [5.74, 6) is 0.145. The fraction of sp³-hybridized carbons (Fsp3) is 0.833. The van der Waals surface area contributed by atoms with Crippen molar-refractivity contribution in [1.82, 2.24) is 15.5 Å². The maximum atomic E-state index is 11.6. The van der Waals surface area contributed by atoms with Gasteiger partial charge in [-0.2, -0.15) is 0 Å². The highest BCUT2D eigenvalue weighted by atomic mass is 16.7. The lowest BCUT2D eigenvalue weighted by Gasteiger charge is -2.33. The average molecular weight is 271 g/mol. The number of ether oxygens (including phenoxy) is 2. The van der Waals surface area contributed by atoms with E-state index in [1.54, 1.807) is 0 Å². The van der Waals surface area contributed by atoms with E-state index >= 15 is 0 Å². The first-order valence-corrected chi connectivity index (χ1v) is 6.66. The highest BCUT2D eigenvalue weighted by Gasteiger charge is 2.30. The van der Waals surface area contributed by atoms with E-state index < -0.39 is 6.03 Å². The molecule has 2 heterocycles. The second-order valence-electron chi connectivity index (χ2n) is 4.85. The Morgan fingerprint density at radius 3 is 2.42 bits per heavy atom. The summed E-state index contributed by atoms with van der Waals surface area (Å²) in [6.07, 6.45) is 1.84. The topological polar surface area (TPSA) is 79.9 Å².